The van der Waals surface area contributed by atoms with Gasteiger partial charge in [-0.25, -0.2) is 0 Å². The van der Waals surface area contributed by atoms with Crippen molar-refractivity contribution in [2.24, 2.45) is 0 Å². The molecule has 0 aromatic heterocycles. The van der Waals surface area contributed by atoms with Crippen molar-refractivity contribution in [1.82, 2.24) is 0 Å². The second-order valence-corrected chi connectivity index (χ2v) is 20.2. The first-order valence-corrected chi connectivity index (χ1v) is 23.3. The van der Waals surface area contributed by atoms with Crippen LogP contribution in [0.3, 0.4) is 0 Å². The van der Waals surface area contributed by atoms with Gasteiger partial charge in [0.05, 0.1) is 0 Å². The summed E-state index contributed by atoms with van der Waals surface area (Å²) in [7, 11) is 1.25. The van der Waals surface area contributed by atoms with Crippen LogP contribution in [0.2, 0.25) is 0 Å². The van der Waals surface area contributed by atoms with E-state index in [0.29, 0.717) is 0 Å². The molecule has 0 aliphatic heterocycles. The number of nitrogens with zero attached hydrogens (tertiary/aromatic N) is 2. The summed E-state index contributed by atoms with van der Waals surface area (Å²) in [6, 6.07) is 36.0. The van der Waals surface area contributed by atoms with Crippen LogP contribution >= 0.6 is 28.5 Å². The van der Waals surface area contributed by atoms with Crippen molar-refractivity contribution in [3.8, 4) is 0 Å². The number of hydrogen-bond donors (Lipinski definition) is 0. The molecule has 0 radical (unpaired) electrons. The van der Waals surface area contributed by atoms with Crippen molar-refractivity contribution >= 4 is 50.6 Å². The van der Waals surface area contributed by atoms with Crippen LogP contribution in [0.5, 0.6) is 0 Å². The summed E-state index contributed by atoms with van der Waals surface area (Å²) in [5.41, 5.74) is 20.5. The fraction of sp³-hybridized carbons (Fsp3) is 0.292. The van der Waals surface area contributed by atoms with E-state index in [9.17, 15) is 0 Å². The maximum atomic E-state index is 5.73. The molecule has 4 unspecified atom stereocenters. The molecule has 6 aromatic rings. The molecule has 0 saturated heterocycles. The van der Waals surface area contributed by atoms with Crippen LogP contribution in [0.1, 0.15) is 116 Å². The molecule has 0 saturated carbocycles. The third-order valence-corrected chi connectivity index (χ3v) is 11.1. The van der Waals surface area contributed by atoms with Crippen molar-refractivity contribution < 1.29 is 10.9 Å². The Morgan fingerprint density at radius 3 is 1.21 bits per heavy atom. The minimum atomic E-state index is -0.141. The molecule has 7 rings (SSSR count). The molecule has 1 aliphatic rings. The quantitative estimate of drug-likeness (QED) is 0.136. The molecule has 0 N–H and O–H groups in total. The molecule has 0 amide bonds. The van der Waals surface area contributed by atoms with Gasteiger partial charge in [-0.2, -0.15) is 0 Å². The van der Waals surface area contributed by atoms with Crippen LogP contribution in [0.15, 0.2) is 97.1 Å². The Morgan fingerprint density at radius 1 is 0.491 bits per heavy atom. The molecule has 0 bridgehead atoms. The molecule has 0 heterocycles. The standard InChI is InChI=1S/C48H50N2.2BrH.Ni/c1-27-17-19-42(40(25-27)35(9)44-31(5)21-29(3)22-32(44)6)49-47-38-15-11-13-37-14-12-16-39(46(37)38)48(47)50-43-20-18-28(2)26-41(43)36(10)45-33(7)23-30(4)24-34(45)8;;;/h11-26,35-36,47-48H,1-10H3;2*1H;/q-2;;;+4/p-2. The van der Waals surface area contributed by atoms with E-state index >= 15 is 0 Å². The summed E-state index contributed by atoms with van der Waals surface area (Å²) < 4.78 is 0. The number of halogens is 2. The van der Waals surface area contributed by atoms with E-state index in [1.807, 2.05) is 0 Å². The van der Waals surface area contributed by atoms with Crippen molar-refractivity contribution in [1.29, 1.82) is 0 Å². The van der Waals surface area contributed by atoms with Crippen molar-refractivity contribution in [3.05, 3.63) is 186 Å². The second-order valence-electron chi connectivity index (χ2n) is 15.2. The van der Waals surface area contributed by atoms with E-state index in [0.717, 1.165) is 11.4 Å². The number of hydrogen-bond acceptors (Lipinski definition) is 0. The Bertz CT molecular complexity index is 2090. The zero-order chi connectivity index (χ0) is 38.1. The first-order chi connectivity index (χ1) is 25.3. The Morgan fingerprint density at radius 2 is 0.849 bits per heavy atom. The summed E-state index contributed by atoms with van der Waals surface area (Å²) in [6.07, 6.45) is 0. The number of aryl methyl sites for hydroxylation is 8. The van der Waals surface area contributed by atoms with Gasteiger partial charge in [-0.05, 0) is 99.5 Å². The third kappa shape index (κ3) is 8.05. The van der Waals surface area contributed by atoms with Crippen LogP contribution in [0, 0.1) is 55.4 Å². The Balaban J connectivity index is 0.00000155. The van der Waals surface area contributed by atoms with E-state index < -0.39 is 0 Å². The van der Waals surface area contributed by atoms with Gasteiger partial charge < -0.3 is 10.6 Å². The summed E-state index contributed by atoms with van der Waals surface area (Å²) in [5.74, 6) is 0.407. The number of rotatable bonds is 8. The molecule has 2 nitrogen and oxygen atoms in total. The maximum absolute atomic E-state index is 5.73. The van der Waals surface area contributed by atoms with Crippen LogP contribution in [0.4, 0.5) is 11.4 Å². The molecule has 4 atom stereocenters. The average molecular weight is 873 g/mol. The van der Waals surface area contributed by atoms with Crippen LogP contribution in [-0.4, -0.2) is 0 Å². The zero-order valence-corrected chi connectivity index (χ0v) is 36.7. The molecular weight excluding hydrogens is 823 g/mol. The summed E-state index contributed by atoms with van der Waals surface area (Å²) in [5, 5.41) is 14.0. The van der Waals surface area contributed by atoms with Gasteiger partial charge in [0, 0.05) is 11.8 Å². The van der Waals surface area contributed by atoms with E-state index in [2.05, 4.69) is 195 Å². The number of benzene rings is 6. The predicted molar refractivity (Wildman–Crippen MR) is 232 cm³/mol. The van der Waals surface area contributed by atoms with Gasteiger partial charge in [0.25, 0.3) is 0 Å². The zero-order valence-electron chi connectivity index (χ0n) is 32.5. The van der Waals surface area contributed by atoms with Crippen LogP contribution < -0.4 is 0 Å². The van der Waals surface area contributed by atoms with E-state index in [-0.39, 0.29) is 23.9 Å². The van der Waals surface area contributed by atoms with Gasteiger partial charge in [0.2, 0.25) is 0 Å². The third-order valence-electron chi connectivity index (χ3n) is 11.1. The van der Waals surface area contributed by atoms with Gasteiger partial charge in [0.1, 0.15) is 0 Å². The Labute approximate surface area is 338 Å². The monoisotopic (exact) mass is 870 g/mol. The normalized spacial score (nSPS) is 15.9. The molecule has 276 valence electrons. The Hall–Kier alpha value is -3.37. The first kappa shape index (κ1) is 39.3. The van der Waals surface area contributed by atoms with Gasteiger partial charge >= 0.3 is 39.3 Å². The average Bonchev–Trinajstić information content (AvgIpc) is 3.38. The minimum absolute atomic E-state index is 0.141. The molecule has 6 aromatic carbocycles. The Kier molecular flexibility index (Phi) is 12.3. The fourth-order valence-corrected chi connectivity index (χ4v) is 9.15. The molecule has 5 heteroatoms. The van der Waals surface area contributed by atoms with Gasteiger partial charge in [0.15, 0.2) is 0 Å². The molecule has 0 spiro atoms. The van der Waals surface area contributed by atoms with Crippen molar-refractivity contribution in [2.45, 2.75) is 93.2 Å². The summed E-state index contributed by atoms with van der Waals surface area (Å²) in [4.78, 5) is 0. The molecule has 1 aliphatic carbocycles. The van der Waals surface area contributed by atoms with E-state index in [1.54, 1.807) is 0 Å². The van der Waals surface area contributed by atoms with Gasteiger partial charge in [-0.15, -0.1) is 23.5 Å². The van der Waals surface area contributed by atoms with Gasteiger partial charge in [-0.1, -0.05) is 155 Å². The van der Waals surface area contributed by atoms with Crippen molar-refractivity contribution in [3.63, 3.8) is 0 Å². The van der Waals surface area contributed by atoms with E-state index in [4.69, 9.17) is 10.6 Å². The predicted octanol–water partition coefficient (Wildman–Crippen LogP) is 15.8. The van der Waals surface area contributed by atoms with Crippen LogP contribution in [0.25, 0.3) is 21.4 Å². The van der Waals surface area contributed by atoms with Crippen LogP contribution in [-0.2, 0) is 10.9 Å². The van der Waals surface area contributed by atoms with Crippen molar-refractivity contribution in [2.75, 3.05) is 0 Å². The van der Waals surface area contributed by atoms with Gasteiger partial charge in [-0.3, -0.25) is 0 Å². The molecular formula is C48H50Br2N2Ni. The SMILES string of the molecule is Cc1cc(C)c(C(C)c2cc(C)ccc2[N-]C2c3cccc4cccc(c34)C2[N-]c2ccc(C)cc2C(C)c2c(C)cc(C)cc2C)c(C)c1.[Br][Ni+2][Br]. The topological polar surface area (TPSA) is 28.2 Å². The summed E-state index contributed by atoms with van der Waals surface area (Å²) >= 11 is 6.00. The second kappa shape index (κ2) is 16.6. The first-order valence-electron chi connectivity index (χ1n) is 18.4. The molecule has 0 fully saturated rings. The fourth-order valence-electron chi connectivity index (χ4n) is 9.15. The van der Waals surface area contributed by atoms with E-state index in [1.165, 1.54) is 99.6 Å². The molecule has 53 heavy (non-hydrogen) atoms. The summed E-state index contributed by atoms with van der Waals surface area (Å²) in [6.45, 7) is 22.5.